The molecule has 142 valence electrons. The van der Waals surface area contributed by atoms with Crippen LogP contribution in [0.1, 0.15) is 31.8 Å². The SMILES string of the molecule is C[N+]1(Cc2ccc(C(=O)O)cc2)CCN(Cc2ccc(C(=O)O)cc2)CC1. The van der Waals surface area contributed by atoms with Crippen LogP contribution in [0.25, 0.3) is 0 Å². The second-order valence-electron chi connectivity index (χ2n) is 7.51. The van der Waals surface area contributed by atoms with Gasteiger partial charge in [0.15, 0.2) is 0 Å². The number of carboxylic acids is 2. The lowest BCUT2D eigenvalue weighted by molar-refractivity contribution is -0.926. The summed E-state index contributed by atoms with van der Waals surface area (Å²) in [5, 5.41) is 18.0. The van der Waals surface area contributed by atoms with Crippen molar-refractivity contribution in [2.75, 3.05) is 33.2 Å². The molecule has 3 rings (SSSR count). The Bertz CT molecular complexity index is 807. The number of hydrogen-bond acceptors (Lipinski definition) is 3. The largest absolute Gasteiger partial charge is 0.478 e. The standard InChI is InChI=1S/C21H24N2O4/c1-23(15-17-4-8-19(9-5-17)21(26)27)12-10-22(11-13-23)14-16-2-6-18(7-3-16)20(24)25/h2-9H,10-15H2,1H3,(H-,24,25,26,27)/p+1. The summed E-state index contributed by atoms with van der Waals surface area (Å²) in [4.78, 5) is 24.3. The van der Waals surface area contributed by atoms with Gasteiger partial charge in [0, 0.05) is 25.2 Å². The molecule has 1 aliphatic heterocycles. The maximum absolute atomic E-state index is 11.0. The van der Waals surface area contributed by atoms with Gasteiger partial charge in [-0.05, 0) is 29.8 Å². The zero-order valence-corrected chi connectivity index (χ0v) is 15.5. The molecule has 0 unspecified atom stereocenters. The summed E-state index contributed by atoms with van der Waals surface area (Å²) in [6.07, 6.45) is 0. The van der Waals surface area contributed by atoms with Gasteiger partial charge in [-0.2, -0.15) is 0 Å². The first-order chi connectivity index (χ1) is 12.8. The van der Waals surface area contributed by atoms with E-state index < -0.39 is 11.9 Å². The fraction of sp³-hybridized carbons (Fsp3) is 0.333. The third-order valence-electron chi connectivity index (χ3n) is 5.28. The lowest BCUT2D eigenvalue weighted by Crippen LogP contribution is -2.56. The van der Waals surface area contributed by atoms with E-state index >= 15 is 0 Å². The van der Waals surface area contributed by atoms with Gasteiger partial charge >= 0.3 is 11.9 Å². The molecule has 2 aromatic carbocycles. The predicted octanol–water partition coefficient (Wildman–Crippen LogP) is 2.55. The van der Waals surface area contributed by atoms with Gasteiger partial charge in [0.05, 0.1) is 31.3 Å². The monoisotopic (exact) mass is 369 g/mol. The first kappa shape index (κ1) is 19.1. The predicted molar refractivity (Wildman–Crippen MR) is 102 cm³/mol. The summed E-state index contributed by atoms with van der Waals surface area (Å²) < 4.78 is 0.931. The molecule has 6 nitrogen and oxygen atoms in total. The van der Waals surface area contributed by atoms with E-state index in [0.717, 1.165) is 54.9 Å². The number of piperazine rings is 1. The van der Waals surface area contributed by atoms with Crippen LogP contribution in [0.5, 0.6) is 0 Å². The maximum Gasteiger partial charge on any atom is 0.335 e. The Hall–Kier alpha value is -2.70. The van der Waals surface area contributed by atoms with Crippen molar-refractivity contribution in [3.05, 3.63) is 70.8 Å². The summed E-state index contributed by atoms with van der Waals surface area (Å²) in [5.41, 5.74) is 2.91. The number of benzene rings is 2. The fourth-order valence-electron chi connectivity index (χ4n) is 3.51. The number of carboxylic acid groups (broad SMARTS) is 2. The van der Waals surface area contributed by atoms with Crippen molar-refractivity contribution in [3.63, 3.8) is 0 Å². The normalized spacial score (nSPS) is 16.8. The smallest absolute Gasteiger partial charge is 0.335 e. The molecule has 0 aliphatic carbocycles. The zero-order valence-electron chi connectivity index (χ0n) is 15.5. The number of likely N-dealkylation sites (N-methyl/N-ethyl adjacent to an activating group) is 1. The number of rotatable bonds is 6. The summed E-state index contributed by atoms with van der Waals surface area (Å²) in [7, 11) is 2.24. The molecule has 1 heterocycles. The van der Waals surface area contributed by atoms with Crippen LogP contribution in [0.4, 0.5) is 0 Å². The van der Waals surface area contributed by atoms with Crippen LogP contribution >= 0.6 is 0 Å². The molecule has 0 radical (unpaired) electrons. The molecule has 0 spiro atoms. The van der Waals surface area contributed by atoms with E-state index in [1.807, 2.05) is 24.3 Å². The summed E-state index contributed by atoms with van der Waals surface area (Å²) in [5.74, 6) is -1.80. The quantitative estimate of drug-likeness (QED) is 0.765. The van der Waals surface area contributed by atoms with E-state index in [9.17, 15) is 9.59 Å². The first-order valence-corrected chi connectivity index (χ1v) is 9.05. The Labute approximate surface area is 158 Å². The molecule has 6 heteroatoms. The molecule has 1 aliphatic rings. The van der Waals surface area contributed by atoms with E-state index in [1.54, 1.807) is 24.3 Å². The molecule has 0 atom stereocenters. The zero-order chi connectivity index (χ0) is 19.4. The van der Waals surface area contributed by atoms with Crippen LogP contribution in [0.15, 0.2) is 48.5 Å². The fourth-order valence-corrected chi connectivity index (χ4v) is 3.51. The second-order valence-corrected chi connectivity index (χ2v) is 7.51. The van der Waals surface area contributed by atoms with Crippen LogP contribution in [0.2, 0.25) is 0 Å². The minimum Gasteiger partial charge on any atom is -0.478 e. The number of carbonyl (C=O) groups is 2. The maximum atomic E-state index is 11.0. The summed E-state index contributed by atoms with van der Waals surface area (Å²) in [6.45, 7) is 5.71. The van der Waals surface area contributed by atoms with Gasteiger partial charge in [-0.3, -0.25) is 4.90 Å². The van der Waals surface area contributed by atoms with Crippen molar-refractivity contribution in [1.82, 2.24) is 4.90 Å². The minimum absolute atomic E-state index is 0.315. The van der Waals surface area contributed by atoms with Crippen molar-refractivity contribution in [2.24, 2.45) is 0 Å². The highest BCUT2D eigenvalue weighted by atomic mass is 16.4. The average Bonchev–Trinajstić information content (AvgIpc) is 2.64. The van der Waals surface area contributed by atoms with Crippen molar-refractivity contribution in [2.45, 2.75) is 13.1 Å². The average molecular weight is 369 g/mol. The van der Waals surface area contributed by atoms with E-state index in [1.165, 1.54) is 0 Å². The third-order valence-corrected chi connectivity index (χ3v) is 5.28. The van der Waals surface area contributed by atoms with Crippen molar-refractivity contribution >= 4 is 11.9 Å². The first-order valence-electron chi connectivity index (χ1n) is 9.05. The molecule has 2 aromatic rings. The third kappa shape index (κ3) is 4.93. The van der Waals surface area contributed by atoms with Crippen molar-refractivity contribution in [3.8, 4) is 0 Å². The van der Waals surface area contributed by atoms with E-state index in [2.05, 4.69) is 11.9 Å². The minimum atomic E-state index is -0.899. The molecular weight excluding hydrogens is 344 g/mol. The van der Waals surface area contributed by atoms with E-state index in [0.29, 0.717) is 11.1 Å². The molecule has 0 saturated carbocycles. The number of hydrogen-bond donors (Lipinski definition) is 2. The highest BCUT2D eigenvalue weighted by Gasteiger charge is 2.28. The van der Waals surface area contributed by atoms with Gasteiger partial charge in [-0.15, -0.1) is 0 Å². The van der Waals surface area contributed by atoms with Gasteiger partial charge in [0.2, 0.25) is 0 Å². The highest BCUT2D eigenvalue weighted by Crippen LogP contribution is 2.18. The highest BCUT2D eigenvalue weighted by molar-refractivity contribution is 5.87. The Balaban J connectivity index is 1.54. The van der Waals surface area contributed by atoms with Crippen LogP contribution < -0.4 is 0 Å². The topological polar surface area (TPSA) is 77.8 Å². The molecule has 0 bridgehead atoms. The molecule has 0 amide bonds. The van der Waals surface area contributed by atoms with Gasteiger partial charge in [-0.1, -0.05) is 24.3 Å². The van der Waals surface area contributed by atoms with Gasteiger partial charge in [-0.25, -0.2) is 9.59 Å². The van der Waals surface area contributed by atoms with Gasteiger partial charge < -0.3 is 14.7 Å². The number of nitrogens with zero attached hydrogens (tertiary/aromatic N) is 2. The second kappa shape index (κ2) is 7.90. The molecule has 0 aromatic heterocycles. The van der Waals surface area contributed by atoms with Gasteiger partial charge in [0.25, 0.3) is 0 Å². The summed E-state index contributed by atoms with van der Waals surface area (Å²) in [6, 6.07) is 14.2. The Kier molecular flexibility index (Phi) is 5.58. The van der Waals surface area contributed by atoms with Crippen molar-refractivity contribution in [1.29, 1.82) is 0 Å². The van der Waals surface area contributed by atoms with Crippen LogP contribution in [0, 0.1) is 0 Å². The number of quaternary nitrogens is 1. The van der Waals surface area contributed by atoms with E-state index in [4.69, 9.17) is 10.2 Å². The van der Waals surface area contributed by atoms with Gasteiger partial charge in [0.1, 0.15) is 6.54 Å². The molecule has 2 N–H and O–H groups in total. The molecule has 27 heavy (non-hydrogen) atoms. The van der Waals surface area contributed by atoms with Crippen molar-refractivity contribution < 1.29 is 24.3 Å². The van der Waals surface area contributed by atoms with Crippen LogP contribution in [-0.4, -0.2) is 64.8 Å². The molecule has 1 saturated heterocycles. The molecular formula is C21H25N2O4+. The molecule has 1 fully saturated rings. The van der Waals surface area contributed by atoms with Crippen LogP contribution in [-0.2, 0) is 13.1 Å². The Morgan fingerprint density at radius 2 is 1.30 bits per heavy atom. The van der Waals surface area contributed by atoms with Crippen LogP contribution in [0.3, 0.4) is 0 Å². The Morgan fingerprint density at radius 1 is 0.852 bits per heavy atom. The number of aromatic carboxylic acids is 2. The lowest BCUT2D eigenvalue weighted by atomic mass is 10.1. The summed E-state index contributed by atoms with van der Waals surface area (Å²) >= 11 is 0. The van der Waals surface area contributed by atoms with E-state index in [-0.39, 0.29) is 0 Å². The Morgan fingerprint density at radius 3 is 1.74 bits per heavy atom. The lowest BCUT2D eigenvalue weighted by Gasteiger charge is -2.42.